The maximum Gasteiger partial charge on any atom is 0.258 e. The van der Waals surface area contributed by atoms with E-state index in [0.29, 0.717) is 25.1 Å². The first-order valence-corrected chi connectivity index (χ1v) is 10.6. The SMILES string of the molecule is O=C(NCCc1ccccc1)c1cn(Cc2ccc(F)cc2)nc1OCc1ccc(F)cc1. The molecule has 33 heavy (non-hydrogen) atoms. The number of carbonyl (C=O) groups is 1. The first kappa shape index (κ1) is 22.2. The lowest BCUT2D eigenvalue weighted by Crippen LogP contribution is -2.25. The molecule has 0 radical (unpaired) electrons. The Balaban J connectivity index is 1.47. The van der Waals surface area contributed by atoms with Crippen LogP contribution in [0.3, 0.4) is 0 Å². The zero-order valence-corrected chi connectivity index (χ0v) is 17.9. The highest BCUT2D eigenvalue weighted by atomic mass is 19.1. The van der Waals surface area contributed by atoms with E-state index in [1.54, 1.807) is 35.1 Å². The summed E-state index contributed by atoms with van der Waals surface area (Å²) < 4.78 is 33.8. The molecule has 0 bridgehead atoms. The number of aromatic nitrogens is 2. The fraction of sp³-hybridized carbons (Fsp3) is 0.154. The molecule has 1 N–H and O–H groups in total. The normalized spacial score (nSPS) is 10.7. The molecule has 0 fully saturated rings. The van der Waals surface area contributed by atoms with Gasteiger partial charge in [0.05, 0.1) is 6.54 Å². The number of hydrogen-bond acceptors (Lipinski definition) is 3. The van der Waals surface area contributed by atoms with Crippen molar-refractivity contribution in [3.8, 4) is 5.88 Å². The Morgan fingerprint density at radius 1 is 0.848 bits per heavy atom. The first-order chi connectivity index (χ1) is 16.1. The predicted octanol–water partition coefficient (Wildman–Crippen LogP) is 4.76. The van der Waals surface area contributed by atoms with Crippen molar-refractivity contribution in [2.24, 2.45) is 0 Å². The average Bonchev–Trinajstić information content (AvgIpc) is 3.23. The van der Waals surface area contributed by atoms with Crippen molar-refractivity contribution < 1.29 is 18.3 Å². The molecule has 7 heteroatoms. The zero-order chi connectivity index (χ0) is 23.0. The number of ether oxygens (including phenoxy) is 1. The molecule has 0 atom stereocenters. The smallest absolute Gasteiger partial charge is 0.258 e. The Morgan fingerprint density at radius 3 is 2.15 bits per heavy atom. The number of benzene rings is 3. The zero-order valence-electron chi connectivity index (χ0n) is 17.9. The highest BCUT2D eigenvalue weighted by molar-refractivity contribution is 5.96. The lowest BCUT2D eigenvalue weighted by Gasteiger charge is -2.07. The average molecular weight is 447 g/mol. The quantitative estimate of drug-likeness (QED) is 0.403. The van der Waals surface area contributed by atoms with Crippen LogP contribution in [0.4, 0.5) is 8.78 Å². The van der Waals surface area contributed by atoms with Gasteiger partial charge in [-0.15, -0.1) is 5.10 Å². The second-order valence-corrected chi connectivity index (χ2v) is 7.58. The van der Waals surface area contributed by atoms with Gasteiger partial charge in [-0.05, 0) is 47.4 Å². The third kappa shape index (κ3) is 6.26. The van der Waals surface area contributed by atoms with Crippen molar-refractivity contribution in [1.29, 1.82) is 0 Å². The summed E-state index contributed by atoms with van der Waals surface area (Å²) in [6.45, 7) is 0.950. The summed E-state index contributed by atoms with van der Waals surface area (Å²) in [4.78, 5) is 12.9. The van der Waals surface area contributed by atoms with Crippen LogP contribution in [0.25, 0.3) is 0 Å². The minimum absolute atomic E-state index is 0.137. The minimum Gasteiger partial charge on any atom is -0.471 e. The maximum absolute atomic E-state index is 13.2. The van der Waals surface area contributed by atoms with E-state index in [0.717, 1.165) is 16.7 Å². The van der Waals surface area contributed by atoms with Crippen LogP contribution in [-0.4, -0.2) is 22.2 Å². The molecule has 3 aromatic carbocycles. The fourth-order valence-corrected chi connectivity index (χ4v) is 3.32. The lowest BCUT2D eigenvalue weighted by atomic mass is 10.1. The van der Waals surface area contributed by atoms with Crippen molar-refractivity contribution in [3.63, 3.8) is 0 Å². The minimum atomic E-state index is -0.333. The Bertz CT molecular complexity index is 1190. The van der Waals surface area contributed by atoms with E-state index in [9.17, 15) is 13.6 Å². The van der Waals surface area contributed by atoms with Gasteiger partial charge in [0.25, 0.3) is 5.91 Å². The van der Waals surface area contributed by atoms with Crippen LogP contribution in [0.2, 0.25) is 0 Å². The van der Waals surface area contributed by atoms with Gasteiger partial charge < -0.3 is 10.1 Å². The number of amides is 1. The van der Waals surface area contributed by atoms with Crippen LogP contribution < -0.4 is 10.1 Å². The Kier molecular flexibility index (Phi) is 7.09. The molecule has 1 aromatic heterocycles. The molecule has 168 valence electrons. The van der Waals surface area contributed by atoms with E-state index in [2.05, 4.69) is 10.4 Å². The molecular formula is C26H23F2N3O2. The molecule has 0 saturated heterocycles. The summed E-state index contributed by atoms with van der Waals surface area (Å²) in [5.41, 5.74) is 3.00. The molecule has 0 unspecified atom stereocenters. The molecule has 1 amide bonds. The second kappa shape index (κ2) is 10.5. The van der Waals surface area contributed by atoms with E-state index in [4.69, 9.17) is 4.74 Å². The van der Waals surface area contributed by atoms with Crippen molar-refractivity contribution in [1.82, 2.24) is 15.1 Å². The largest absolute Gasteiger partial charge is 0.471 e. The van der Waals surface area contributed by atoms with Gasteiger partial charge >= 0.3 is 0 Å². The summed E-state index contributed by atoms with van der Waals surface area (Å²) in [6, 6.07) is 21.9. The number of nitrogens with one attached hydrogen (secondary N) is 1. The van der Waals surface area contributed by atoms with Crippen molar-refractivity contribution in [2.45, 2.75) is 19.6 Å². The number of rotatable bonds is 9. The van der Waals surface area contributed by atoms with Gasteiger partial charge in [0.2, 0.25) is 5.88 Å². The van der Waals surface area contributed by atoms with Crippen molar-refractivity contribution in [2.75, 3.05) is 6.54 Å². The number of nitrogens with zero attached hydrogens (tertiary/aromatic N) is 2. The van der Waals surface area contributed by atoms with Crippen LogP contribution in [-0.2, 0) is 19.6 Å². The Morgan fingerprint density at radius 2 is 1.48 bits per heavy atom. The molecule has 0 aliphatic heterocycles. The molecular weight excluding hydrogens is 424 g/mol. The molecule has 1 heterocycles. The summed E-state index contributed by atoms with van der Waals surface area (Å²) >= 11 is 0. The van der Waals surface area contributed by atoms with Gasteiger partial charge in [-0.2, -0.15) is 0 Å². The topological polar surface area (TPSA) is 56.2 Å². The first-order valence-electron chi connectivity index (χ1n) is 10.6. The number of carbonyl (C=O) groups excluding carboxylic acids is 1. The molecule has 0 aliphatic carbocycles. The molecule has 0 spiro atoms. The standard InChI is InChI=1S/C26H23F2N3O2/c27-22-10-6-20(7-11-22)16-31-17-24(25(32)29-15-14-19-4-2-1-3-5-19)26(30-31)33-18-21-8-12-23(28)13-9-21/h1-13,17H,14-16,18H2,(H,29,32). The Hall–Kier alpha value is -4.00. The van der Waals surface area contributed by atoms with Gasteiger partial charge in [-0.25, -0.2) is 8.78 Å². The Labute approximate surface area is 190 Å². The van der Waals surface area contributed by atoms with Crippen LogP contribution in [0.5, 0.6) is 5.88 Å². The monoisotopic (exact) mass is 447 g/mol. The third-order valence-electron chi connectivity index (χ3n) is 5.06. The third-order valence-corrected chi connectivity index (χ3v) is 5.06. The van der Waals surface area contributed by atoms with Gasteiger partial charge in [-0.3, -0.25) is 9.48 Å². The van der Waals surface area contributed by atoms with Gasteiger partial charge in [0.15, 0.2) is 0 Å². The molecule has 5 nitrogen and oxygen atoms in total. The van der Waals surface area contributed by atoms with Crippen molar-refractivity contribution >= 4 is 5.91 Å². The molecule has 4 rings (SSSR count). The van der Waals surface area contributed by atoms with Gasteiger partial charge in [-0.1, -0.05) is 54.6 Å². The molecule has 0 saturated carbocycles. The van der Waals surface area contributed by atoms with Gasteiger partial charge in [0.1, 0.15) is 23.8 Å². The summed E-state index contributed by atoms with van der Waals surface area (Å²) in [5.74, 6) is -0.772. The van der Waals surface area contributed by atoms with E-state index >= 15 is 0 Å². The van der Waals surface area contributed by atoms with E-state index in [1.165, 1.54) is 24.3 Å². The van der Waals surface area contributed by atoms with Crippen LogP contribution in [0.1, 0.15) is 27.0 Å². The van der Waals surface area contributed by atoms with Gasteiger partial charge in [0, 0.05) is 12.7 Å². The second-order valence-electron chi connectivity index (χ2n) is 7.58. The molecule has 4 aromatic rings. The van der Waals surface area contributed by atoms with Crippen LogP contribution in [0, 0.1) is 11.6 Å². The van der Waals surface area contributed by atoms with E-state index in [1.807, 2.05) is 30.3 Å². The highest BCUT2D eigenvalue weighted by Crippen LogP contribution is 2.19. The van der Waals surface area contributed by atoms with Crippen molar-refractivity contribution in [3.05, 3.63) is 119 Å². The number of halogens is 2. The summed E-state index contributed by atoms with van der Waals surface area (Å²) in [5, 5.41) is 7.32. The van der Waals surface area contributed by atoms with E-state index < -0.39 is 0 Å². The summed E-state index contributed by atoms with van der Waals surface area (Å²) in [6.07, 6.45) is 2.31. The maximum atomic E-state index is 13.2. The summed E-state index contributed by atoms with van der Waals surface area (Å²) in [7, 11) is 0. The van der Waals surface area contributed by atoms with Crippen LogP contribution in [0.15, 0.2) is 85.1 Å². The molecule has 0 aliphatic rings. The number of hydrogen-bond donors (Lipinski definition) is 1. The van der Waals surface area contributed by atoms with Crippen LogP contribution >= 0.6 is 0 Å². The lowest BCUT2D eigenvalue weighted by molar-refractivity contribution is 0.0949. The fourth-order valence-electron chi connectivity index (χ4n) is 3.32. The predicted molar refractivity (Wildman–Crippen MR) is 121 cm³/mol. The van der Waals surface area contributed by atoms with E-state index in [-0.39, 0.29) is 30.0 Å². The highest BCUT2D eigenvalue weighted by Gasteiger charge is 2.18.